The molecule has 1 aliphatic heterocycles. The quantitative estimate of drug-likeness (QED) is 0.771. The van der Waals surface area contributed by atoms with Crippen molar-refractivity contribution in [2.45, 2.75) is 30.6 Å². The van der Waals surface area contributed by atoms with Gasteiger partial charge in [-0.2, -0.15) is 4.31 Å². The average molecular weight is 373 g/mol. The van der Waals surface area contributed by atoms with Crippen LogP contribution in [0.1, 0.15) is 40.2 Å². The molecule has 1 fully saturated rings. The summed E-state index contributed by atoms with van der Waals surface area (Å²) in [5.41, 5.74) is 2.17. The number of methoxy groups -OCH3 is 1. The molecule has 6 heteroatoms. The molecule has 0 aromatic heterocycles. The highest BCUT2D eigenvalue weighted by Gasteiger charge is 2.31. The molecule has 0 amide bonds. The summed E-state index contributed by atoms with van der Waals surface area (Å²) in [6.45, 7) is 2.70. The molecule has 0 radical (unpaired) electrons. The Morgan fingerprint density at radius 1 is 1.08 bits per heavy atom. The fourth-order valence-electron chi connectivity index (χ4n) is 3.48. The molecular formula is C20H23NO4S. The number of rotatable bonds is 4. The van der Waals surface area contributed by atoms with Crippen molar-refractivity contribution in [3.8, 4) is 0 Å². The Balaban J connectivity index is 1.76. The highest BCUT2D eigenvalue weighted by Crippen LogP contribution is 2.31. The van der Waals surface area contributed by atoms with E-state index in [9.17, 15) is 13.2 Å². The highest BCUT2D eigenvalue weighted by atomic mass is 32.2. The first-order valence-corrected chi connectivity index (χ1v) is 10.1. The fraction of sp³-hybridized carbons (Fsp3) is 0.350. The Bertz CT molecular complexity index is 885. The minimum absolute atomic E-state index is 0.253. The summed E-state index contributed by atoms with van der Waals surface area (Å²) in [7, 11) is -2.26. The van der Waals surface area contributed by atoms with Gasteiger partial charge in [0.1, 0.15) is 0 Å². The number of benzene rings is 2. The third kappa shape index (κ3) is 3.66. The predicted octanol–water partition coefficient (Wildman–Crippen LogP) is 3.35. The summed E-state index contributed by atoms with van der Waals surface area (Å²) in [5, 5.41) is 0. The van der Waals surface area contributed by atoms with E-state index in [4.69, 9.17) is 0 Å². The van der Waals surface area contributed by atoms with E-state index in [0.717, 1.165) is 12.8 Å². The fourth-order valence-corrected chi connectivity index (χ4v) is 5.15. The van der Waals surface area contributed by atoms with E-state index in [1.807, 2.05) is 18.2 Å². The molecule has 0 spiro atoms. The number of carbonyl (C=O) groups is 1. The Labute approximate surface area is 154 Å². The molecule has 26 heavy (non-hydrogen) atoms. The first-order chi connectivity index (χ1) is 12.4. The second-order valence-electron chi connectivity index (χ2n) is 6.56. The maximum Gasteiger partial charge on any atom is 0.337 e. The molecule has 0 saturated carbocycles. The van der Waals surface area contributed by atoms with Crippen LogP contribution in [0, 0.1) is 6.92 Å². The number of esters is 1. The standard InChI is InChI=1S/C20H23NO4S/c1-15-14-18(20(22)25-2)8-9-19(15)26(23,24)21-12-10-17(11-13-21)16-6-4-3-5-7-16/h3-9,14,17H,10-13H2,1-2H3. The number of nitrogens with zero attached hydrogens (tertiary/aromatic N) is 1. The van der Waals surface area contributed by atoms with Crippen molar-refractivity contribution in [2.75, 3.05) is 20.2 Å². The van der Waals surface area contributed by atoms with Crippen LogP contribution in [-0.2, 0) is 14.8 Å². The molecule has 3 rings (SSSR count). The lowest BCUT2D eigenvalue weighted by Crippen LogP contribution is -2.38. The van der Waals surface area contributed by atoms with Gasteiger partial charge in [-0.05, 0) is 55.0 Å². The third-order valence-corrected chi connectivity index (χ3v) is 7.00. The lowest BCUT2D eigenvalue weighted by Gasteiger charge is -2.31. The zero-order chi connectivity index (χ0) is 18.7. The van der Waals surface area contributed by atoms with Gasteiger partial charge < -0.3 is 4.74 Å². The van der Waals surface area contributed by atoms with Gasteiger partial charge in [-0.3, -0.25) is 0 Å². The van der Waals surface area contributed by atoms with Crippen molar-refractivity contribution in [3.05, 3.63) is 65.2 Å². The Morgan fingerprint density at radius 2 is 1.73 bits per heavy atom. The SMILES string of the molecule is COC(=O)c1ccc(S(=O)(=O)N2CCC(c3ccccc3)CC2)c(C)c1. The first kappa shape index (κ1) is 18.6. The van der Waals surface area contributed by atoms with Crippen molar-refractivity contribution < 1.29 is 17.9 Å². The van der Waals surface area contributed by atoms with Crippen LogP contribution in [0.15, 0.2) is 53.4 Å². The van der Waals surface area contributed by atoms with Gasteiger partial charge in [-0.15, -0.1) is 0 Å². The maximum absolute atomic E-state index is 13.0. The molecule has 2 aromatic rings. The molecule has 2 aromatic carbocycles. The second-order valence-corrected chi connectivity index (χ2v) is 8.47. The van der Waals surface area contributed by atoms with E-state index in [1.165, 1.54) is 24.8 Å². The number of hydrogen-bond donors (Lipinski definition) is 0. The van der Waals surface area contributed by atoms with Gasteiger partial charge in [0.05, 0.1) is 17.6 Å². The minimum atomic E-state index is -3.57. The van der Waals surface area contributed by atoms with Gasteiger partial charge in [-0.25, -0.2) is 13.2 Å². The van der Waals surface area contributed by atoms with Gasteiger partial charge in [0, 0.05) is 13.1 Å². The minimum Gasteiger partial charge on any atom is -0.465 e. The molecule has 1 heterocycles. The smallest absolute Gasteiger partial charge is 0.337 e. The number of sulfonamides is 1. The molecule has 138 valence electrons. The molecule has 5 nitrogen and oxygen atoms in total. The highest BCUT2D eigenvalue weighted by molar-refractivity contribution is 7.89. The number of carbonyl (C=O) groups excluding carboxylic acids is 1. The maximum atomic E-state index is 13.0. The average Bonchev–Trinajstić information content (AvgIpc) is 2.68. The first-order valence-electron chi connectivity index (χ1n) is 8.67. The van der Waals surface area contributed by atoms with Crippen LogP contribution in [-0.4, -0.2) is 38.9 Å². The van der Waals surface area contributed by atoms with Gasteiger partial charge in [-0.1, -0.05) is 30.3 Å². The van der Waals surface area contributed by atoms with Crippen molar-refractivity contribution in [3.63, 3.8) is 0 Å². The number of piperidine rings is 1. The molecule has 0 atom stereocenters. The van der Waals surface area contributed by atoms with E-state index in [0.29, 0.717) is 30.1 Å². The molecule has 0 unspecified atom stereocenters. The van der Waals surface area contributed by atoms with Crippen LogP contribution < -0.4 is 0 Å². The van der Waals surface area contributed by atoms with Crippen molar-refractivity contribution in [2.24, 2.45) is 0 Å². The normalized spacial score (nSPS) is 16.4. The molecule has 0 bridgehead atoms. The molecule has 1 saturated heterocycles. The molecule has 0 aliphatic carbocycles. The summed E-state index contributed by atoms with van der Waals surface area (Å²) in [6.07, 6.45) is 1.62. The van der Waals surface area contributed by atoms with Crippen molar-refractivity contribution in [1.82, 2.24) is 4.31 Å². The number of ether oxygens (including phenoxy) is 1. The summed E-state index contributed by atoms with van der Waals surface area (Å²) in [6, 6.07) is 14.8. The lowest BCUT2D eigenvalue weighted by molar-refractivity contribution is 0.0600. The van der Waals surface area contributed by atoms with Crippen LogP contribution >= 0.6 is 0 Å². The van der Waals surface area contributed by atoms with Crippen LogP contribution in [0.5, 0.6) is 0 Å². The number of hydrogen-bond acceptors (Lipinski definition) is 4. The molecule has 1 aliphatic rings. The Kier molecular flexibility index (Phi) is 5.44. The molecule has 0 N–H and O–H groups in total. The van der Waals surface area contributed by atoms with E-state index in [2.05, 4.69) is 16.9 Å². The Morgan fingerprint density at radius 3 is 2.31 bits per heavy atom. The van der Waals surface area contributed by atoms with Gasteiger partial charge in [0.2, 0.25) is 10.0 Å². The third-order valence-electron chi connectivity index (χ3n) is 4.94. The lowest BCUT2D eigenvalue weighted by atomic mass is 9.90. The topological polar surface area (TPSA) is 63.7 Å². The van der Waals surface area contributed by atoms with Crippen LogP contribution in [0.25, 0.3) is 0 Å². The van der Waals surface area contributed by atoms with Crippen LogP contribution in [0.4, 0.5) is 0 Å². The Hall–Kier alpha value is -2.18. The largest absolute Gasteiger partial charge is 0.465 e. The number of aryl methyl sites for hydroxylation is 1. The van der Waals surface area contributed by atoms with Crippen LogP contribution in [0.3, 0.4) is 0 Å². The van der Waals surface area contributed by atoms with E-state index in [1.54, 1.807) is 17.3 Å². The summed E-state index contributed by atoms with van der Waals surface area (Å²) >= 11 is 0. The van der Waals surface area contributed by atoms with Crippen LogP contribution in [0.2, 0.25) is 0 Å². The molecular weight excluding hydrogens is 350 g/mol. The van der Waals surface area contributed by atoms with Gasteiger partial charge in [0.15, 0.2) is 0 Å². The van der Waals surface area contributed by atoms with Gasteiger partial charge >= 0.3 is 5.97 Å². The van der Waals surface area contributed by atoms with E-state index >= 15 is 0 Å². The monoisotopic (exact) mass is 373 g/mol. The predicted molar refractivity (Wildman–Crippen MR) is 99.7 cm³/mol. The summed E-state index contributed by atoms with van der Waals surface area (Å²) < 4.78 is 32.3. The van der Waals surface area contributed by atoms with Crippen molar-refractivity contribution in [1.29, 1.82) is 0 Å². The van der Waals surface area contributed by atoms with E-state index in [-0.39, 0.29) is 4.90 Å². The zero-order valence-electron chi connectivity index (χ0n) is 15.0. The summed E-state index contributed by atoms with van der Waals surface area (Å²) in [5.74, 6) is -0.0776. The zero-order valence-corrected chi connectivity index (χ0v) is 15.8. The van der Waals surface area contributed by atoms with E-state index < -0.39 is 16.0 Å². The van der Waals surface area contributed by atoms with Crippen molar-refractivity contribution >= 4 is 16.0 Å². The van der Waals surface area contributed by atoms with Gasteiger partial charge in [0.25, 0.3) is 0 Å². The summed E-state index contributed by atoms with van der Waals surface area (Å²) in [4.78, 5) is 11.9. The second kappa shape index (κ2) is 7.60.